The van der Waals surface area contributed by atoms with E-state index in [4.69, 9.17) is 0 Å². The quantitative estimate of drug-likeness (QED) is 0.792. The van der Waals surface area contributed by atoms with E-state index in [0.29, 0.717) is 6.54 Å². The molecule has 88 valence electrons. The van der Waals surface area contributed by atoms with Crippen molar-refractivity contribution in [3.63, 3.8) is 0 Å². The highest BCUT2D eigenvalue weighted by Gasteiger charge is 2.14. The average Bonchev–Trinajstić information content (AvgIpc) is 2.88. The summed E-state index contributed by atoms with van der Waals surface area (Å²) in [6.07, 6.45) is 4.38. The molecule has 2 rings (SSSR count). The van der Waals surface area contributed by atoms with Gasteiger partial charge in [0.25, 0.3) is 5.91 Å². The molecule has 4 nitrogen and oxygen atoms in total. The lowest BCUT2D eigenvalue weighted by Gasteiger charge is -2.10. The van der Waals surface area contributed by atoms with Crippen LogP contribution in [-0.4, -0.2) is 35.0 Å². The van der Waals surface area contributed by atoms with Crippen molar-refractivity contribution >= 4 is 17.2 Å². The van der Waals surface area contributed by atoms with Crippen LogP contribution in [0.1, 0.15) is 19.8 Å². The summed E-state index contributed by atoms with van der Waals surface area (Å²) >= 11 is 1.52. The maximum absolute atomic E-state index is 11.7. The second-order valence-corrected chi connectivity index (χ2v) is 4.83. The third-order valence-electron chi connectivity index (χ3n) is 2.78. The topological polar surface area (TPSA) is 37.6 Å². The van der Waals surface area contributed by atoms with E-state index in [0.717, 1.165) is 24.4 Å². The Morgan fingerprint density at radius 3 is 2.94 bits per heavy atom. The molecule has 0 atom stereocenters. The predicted molar refractivity (Wildman–Crippen MR) is 64.2 cm³/mol. The molecule has 1 aliphatic heterocycles. The first kappa shape index (κ1) is 11.5. The van der Waals surface area contributed by atoms with Crippen molar-refractivity contribution in [2.75, 3.05) is 19.6 Å². The van der Waals surface area contributed by atoms with Crippen LogP contribution >= 0.6 is 11.3 Å². The van der Waals surface area contributed by atoms with Gasteiger partial charge in [-0.15, -0.1) is 11.3 Å². The van der Waals surface area contributed by atoms with E-state index in [9.17, 15) is 4.79 Å². The summed E-state index contributed by atoms with van der Waals surface area (Å²) in [5.74, 6) is -0.0217. The van der Waals surface area contributed by atoms with Gasteiger partial charge in [0.1, 0.15) is 0 Å². The summed E-state index contributed by atoms with van der Waals surface area (Å²) in [5.41, 5.74) is 0. The number of carbonyl (C=O) groups is 1. The Balaban J connectivity index is 2.02. The number of thiazole rings is 1. The largest absolute Gasteiger partial charge is 0.324 e. The maximum Gasteiger partial charge on any atom is 0.262 e. The number of amides is 1. The molecule has 16 heavy (non-hydrogen) atoms. The molecule has 1 amide bonds. The summed E-state index contributed by atoms with van der Waals surface area (Å²) < 4.78 is 1.99. The molecule has 5 heteroatoms. The zero-order valence-electron chi connectivity index (χ0n) is 9.56. The van der Waals surface area contributed by atoms with Gasteiger partial charge in [0.2, 0.25) is 0 Å². The van der Waals surface area contributed by atoms with Crippen LogP contribution in [-0.2, 0) is 11.3 Å². The fourth-order valence-electron chi connectivity index (χ4n) is 1.90. The fourth-order valence-corrected chi connectivity index (χ4v) is 2.71. The molecule has 0 saturated carbocycles. The highest BCUT2D eigenvalue weighted by Crippen LogP contribution is 2.06. The summed E-state index contributed by atoms with van der Waals surface area (Å²) in [5, 5.41) is 1.96. The van der Waals surface area contributed by atoms with Gasteiger partial charge in [0, 0.05) is 18.1 Å². The van der Waals surface area contributed by atoms with Crippen molar-refractivity contribution in [1.29, 1.82) is 0 Å². The van der Waals surface area contributed by atoms with Crippen LogP contribution in [0.4, 0.5) is 0 Å². The Labute approximate surface area is 99.2 Å². The van der Waals surface area contributed by atoms with E-state index in [1.807, 2.05) is 16.1 Å². The zero-order chi connectivity index (χ0) is 11.4. The van der Waals surface area contributed by atoms with Gasteiger partial charge in [0.05, 0.1) is 6.54 Å². The Morgan fingerprint density at radius 1 is 1.50 bits per heavy atom. The second kappa shape index (κ2) is 5.41. The monoisotopic (exact) mass is 239 g/mol. The minimum absolute atomic E-state index is 0.0217. The molecule has 1 saturated heterocycles. The van der Waals surface area contributed by atoms with E-state index in [1.54, 1.807) is 0 Å². The number of rotatable bonds is 3. The normalized spacial score (nSPS) is 18.2. The standard InChI is InChI=1S/C11H17N3OS/c1-2-14-7-8-16-11(14)12-10(15)9-13-5-3-4-6-13/h7-8H,2-6,9H2,1H3. The summed E-state index contributed by atoms with van der Waals surface area (Å²) in [6, 6.07) is 0. The van der Waals surface area contributed by atoms with Crippen LogP contribution in [0.5, 0.6) is 0 Å². The van der Waals surface area contributed by atoms with Crippen LogP contribution in [0.2, 0.25) is 0 Å². The van der Waals surface area contributed by atoms with Crippen molar-refractivity contribution in [2.45, 2.75) is 26.3 Å². The summed E-state index contributed by atoms with van der Waals surface area (Å²) in [7, 11) is 0. The number of carbonyl (C=O) groups excluding carboxylic acids is 1. The van der Waals surface area contributed by atoms with Crippen LogP contribution in [0, 0.1) is 0 Å². The molecule has 0 radical (unpaired) electrons. The molecule has 1 aliphatic rings. The average molecular weight is 239 g/mol. The maximum atomic E-state index is 11.7. The first-order valence-electron chi connectivity index (χ1n) is 5.73. The highest BCUT2D eigenvalue weighted by atomic mass is 32.1. The van der Waals surface area contributed by atoms with Crippen molar-refractivity contribution in [2.24, 2.45) is 4.99 Å². The molecular weight excluding hydrogens is 222 g/mol. The van der Waals surface area contributed by atoms with Crippen molar-refractivity contribution < 1.29 is 4.79 Å². The lowest BCUT2D eigenvalue weighted by atomic mass is 10.4. The number of hydrogen-bond donors (Lipinski definition) is 0. The second-order valence-electron chi connectivity index (χ2n) is 3.96. The lowest BCUT2D eigenvalue weighted by Crippen LogP contribution is -2.27. The van der Waals surface area contributed by atoms with Crippen LogP contribution in [0.15, 0.2) is 16.6 Å². The molecule has 0 aromatic carbocycles. The van der Waals surface area contributed by atoms with Crippen molar-refractivity contribution in [1.82, 2.24) is 9.47 Å². The molecule has 2 heterocycles. The number of likely N-dealkylation sites (tertiary alicyclic amines) is 1. The number of nitrogens with zero attached hydrogens (tertiary/aromatic N) is 3. The Kier molecular flexibility index (Phi) is 3.90. The minimum Gasteiger partial charge on any atom is -0.324 e. The van der Waals surface area contributed by atoms with Crippen molar-refractivity contribution in [3.8, 4) is 0 Å². The van der Waals surface area contributed by atoms with Gasteiger partial charge in [0.15, 0.2) is 4.80 Å². The summed E-state index contributed by atoms with van der Waals surface area (Å²) in [4.78, 5) is 18.9. The van der Waals surface area contributed by atoms with E-state index in [2.05, 4.69) is 16.8 Å². The molecule has 1 aromatic rings. The lowest BCUT2D eigenvalue weighted by molar-refractivity contribution is -0.119. The third kappa shape index (κ3) is 2.80. The van der Waals surface area contributed by atoms with Crippen molar-refractivity contribution in [3.05, 3.63) is 16.4 Å². The Bertz CT molecular complexity index is 415. The van der Waals surface area contributed by atoms with Gasteiger partial charge >= 0.3 is 0 Å². The van der Waals surface area contributed by atoms with E-state index < -0.39 is 0 Å². The SMILES string of the molecule is CCn1ccsc1=NC(=O)CN1CCCC1. The van der Waals surface area contributed by atoms with Gasteiger partial charge in [-0.2, -0.15) is 4.99 Å². The highest BCUT2D eigenvalue weighted by molar-refractivity contribution is 7.07. The van der Waals surface area contributed by atoms with Gasteiger partial charge in [-0.1, -0.05) is 0 Å². The van der Waals surface area contributed by atoms with Crippen LogP contribution in [0.25, 0.3) is 0 Å². The molecule has 0 N–H and O–H groups in total. The fraction of sp³-hybridized carbons (Fsp3) is 0.636. The third-order valence-corrected chi connectivity index (χ3v) is 3.57. The van der Waals surface area contributed by atoms with Gasteiger partial charge in [-0.05, 0) is 32.9 Å². The van der Waals surface area contributed by atoms with Gasteiger partial charge < -0.3 is 4.57 Å². The molecule has 0 aliphatic carbocycles. The van der Waals surface area contributed by atoms with E-state index in [-0.39, 0.29) is 5.91 Å². The van der Waals surface area contributed by atoms with Gasteiger partial charge in [-0.3, -0.25) is 9.69 Å². The van der Waals surface area contributed by atoms with Crippen LogP contribution < -0.4 is 4.80 Å². The Morgan fingerprint density at radius 2 is 2.25 bits per heavy atom. The van der Waals surface area contributed by atoms with E-state index >= 15 is 0 Å². The first-order chi connectivity index (χ1) is 7.79. The number of aryl methyl sites for hydroxylation is 1. The smallest absolute Gasteiger partial charge is 0.262 e. The molecule has 0 spiro atoms. The molecule has 0 unspecified atom stereocenters. The minimum atomic E-state index is -0.0217. The zero-order valence-corrected chi connectivity index (χ0v) is 10.4. The van der Waals surface area contributed by atoms with E-state index in [1.165, 1.54) is 24.2 Å². The number of aromatic nitrogens is 1. The number of hydrogen-bond acceptors (Lipinski definition) is 3. The van der Waals surface area contributed by atoms with Crippen LogP contribution in [0.3, 0.4) is 0 Å². The van der Waals surface area contributed by atoms with Gasteiger partial charge in [-0.25, -0.2) is 0 Å². The molecule has 1 fully saturated rings. The molecular formula is C11H17N3OS. The predicted octanol–water partition coefficient (Wildman–Crippen LogP) is 1.09. The molecule has 1 aromatic heterocycles. The summed E-state index contributed by atoms with van der Waals surface area (Å²) in [6.45, 7) is 5.47. The first-order valence-corrected chi connectivity index (χ1v) is 6.61. The Hall–Kier alpha value is -0.940. The molecule has 0 bridgehead atoms.